The molecule has 0 aliphatic heterocycles. The SMILES string of the molecule is [3H][W]=[S].[C-]#N. The predicted molar refractivity (Wildman–Crippen MR) is 14.0 cm³/mol. The van der Waals surface area contributed by atoms with E-state index in [-0.39, 0.29) is 0 Å². The van der Waals surface area contributed by atoms with Gasteiger partial charge in [-0.15, -0.1) is 0 Å². The Hall–Kier alpha value is 0.398. The van der Waals surface area contributed by atoms with Crippen LogP contribution in [0.5, 0.6) is 0 Å². The first-order valence-electron chi connectivity index (χ1n) is 0.799. The third kappa shape index (κ3) is 29.6. The monoisotopic (exact) mass is 245 g/mol. The Bertz CT molecular complexity index is 35.9. The summed E-state index contributed by atoms with van der Waals surface area (Å²) in [5.41, 5.74) is 0. The molecule has 0 rings (SSSR count). The van der Waals surface area contributed by atoms with Gasteiger partial charge < -0.3 is 11.8 Å². The molecule has 0 saturated carbocycles. The minimum Gasteiger partial charge on any atom is -0.512 e. The molecule has 3 heteroatoms. The Kier molecular flexibility index (Phi) is 135. The molecule has 0 unspecified atom stereocenters. The van der Waals surface area contributed by atoms with Gasteiger partial charge in [-0.1, -0.05) is 0 Å². The van der Waals surface area contributed by atoms with Crippen LogP contribution in [0, 0.1) is 11.8 Å². The van der Waals surface area contributed by atoms with Crippen molar-refractivity contribution in [2.45, 2.75) is 0 Å². The number of hydrogen-bond acceptors (Lipinski definition) is 2. The largest absolute Gasteiger partial charge is 0.512 e. The first kappa shape index (κ1) is 4.40. The summed E-state index contributed by atoms with van der Waals surface area (Å²) >= 11 is -0.917. The van der Waals surface area contributed by atoms with Gasteiger partial charge in [-0.05, 0) is 0 Å². The maximum Gasteiger partial charge on any atom is -0.488 e. The van der Waals surface area contributed by atoms with E-state index < -0.39 is 17.8 Å². The van der Waals surface area contributed by atoms with Crippen molar-refractivity contribution in [2.75, 3.05) is 0 Å². The Morgan fingerprint density at radius 2 is 2.25 bits per heavy atom. The summed E-state index contributed by atoms with van der Waals surface area (Å²) in [5.74, 6) is 0. The van der Waals surface area contributed by atoms with Crippen molar-refractivity contribution in [3.05, 3.63) is 6.57 Å². The van der Waals surface area contributed by atoms with Gasteiger partial charge in [0.15, 0.2) is 0 Å². The molecule has 4 heavy (non-hydrogen) atoms. The van der Waals surface area contributed by atoms with Crippen LogP contribution in [0.3, 0.4) is 0 Å². The van der Waals surface area contributed by atoms with Crippen LogP contribution in [0.25, 0.3) is 0 Å². The molecule has 0 aliphatic rings. The standard InChI is InChI=1S/CN.S.W.H/c1-2;;;/q-1;;;/i;;;1+2. The van der Waals surface area contributed by atoms with Crippen molar-refractivity contribution < 1.29 is 17.8 Å². The number of nitrogens with zero attached hydrogens (tertiary/aromatic N) is 1. The fraction of sp³-hybridized carbons (Fsp3) is 0. The second kappa shape index (κ2) is 123. The molecule has 0 N–H and O–H groups in total. The van der Waals surface area contributed by atoms with Crippen molar-refractivity contribution in [2.24, 2.45) is 0 Å². The van der Waals surface area contributed by atoms with Gasteiger partial charge in [-0.2, -0.15) is 0 Å². The van der Waals surface area contributed by atoms with Gasteiger partial charge in [0.05, 0.1) is 0 Å². The third-order valence-corrected chi connectivity index (χ3v) is 0. The summed E-state index contributed by atoms with van der Waals surface area (Å²) in [6, 6.07) is 0. The molecule has 0 bridgehead atoms. The molecule has 0 atom stereocenters. The van der Waals surface area contributed by atoms with Crippen molar-refractivity contribution in [1.82, 2.24) is 0 Å². The number of hydrogen-bond donors (Lipinski definition) is 0. The van der Waals surface area contributed by atoms with E-state index in [4.69, 9.17) is 12.6 Å². The van der Waals surface area contributed by atoms with Crippen LogP contribution in [0.2, 0.25) is 0 Å². The van der Waals surface area contributed by atoms with E-state index in [9.17, 15) is 0 Å². The van der Waals surface area contributed by atoms with Gasteiger partial charge in [0.2, 0.25) is 0 Å². The van der Waals surface area contributed by atoms with Gasteiger partial charge in [-0.3, -0.25) is 0 Å². The van der Waals surface area contributed by atoms with Crippen molar-refractivity contribution in [3.63, 3.8) is 0 Å². The molecule has 0 aromatic heterocycles. The third-order valence-electron chi connectivity index (χ3n) is 0. The molecule has 0 heterocycles. The molecule has 0 aliphatic carbocycles. The average Bonchev–Trinajstić information content (AvgIpc) is 1.46. The summed E-state index contributed by atoms with van der Waals surface area (Å²) in [6.45, 7) is 4.75. The summed E-state index contributed by atoms with van der Waals surface area (Å²) in [4.78, 5) is 0. The molecule has 0 saturated heterocycles. The molecular formula is CHNSW-. The molecule has 0 aromatic carbocycles. The molecule has 23 valence electrons. The Labute approximate surface area is 40.6 Å². The van der Waals surface area contributed by atoms with E-state index in [0.29, 0.717) is 0 Å². The molecular weight excluding hydrogens is 242 g/mol. The molecule has 0 aromatic rings. The summed E-state index contributed by atoms with van der Waals surface area (Å²) in [6.07, 6.45) is 0. The average molecular weight is 245 g/mol. The molecule has 0 fully saturated rings. The molecule has 0 radical (unpaired) electrons. The van der Waals surface area contributed by atoms with Crippen LogP contribution in [0.1, 0.15) is 0 Å². The predicted octanol–water partition coefficient (Wildman–Crippen LogP) is 0.474. The van der Waals surface area contributed by atoms with E-state index in [0.717, 1.165) is 0 Å². The first-order valence-corrected chi connectivity index (χ1v) is 4.32. The van der Waals surface area contributed by atoms with E-state index in [1.807, 2.05) is 0 Å². The van der Waals surface area contributed by atoms with Crippen LogP contribution >= 0.6 is 9.82 Å². The van der Waals surface area contributed by atoms with Gasteiger partial charge >= 0.3 is 28.4 Å². The zero-order chi connectivity index (χ0) is 4.71. The van der Waals surface area contributed by atoms with E-state index in [2.05, 4.69) is 9.82 Å². The second-order valence-corrected chi connectivity index (χ2v) is 0. The van der Waals surface area contributed by atoms with Crippen molar-refractivity contribution >= 4 is 9.82 Å². The van der Waals surface area contributed by atoms with Gasteiger partial charge in [0.1, 0.15) is 0 Å². The summed E-state index contributed by atoms with van der Waals surface area (Å²) in [5, 5.41) is 6.25. The Morgan fingerprint density at radius 1 is 2.25 bits per heavy atom. The van der Waals surface area contributed by atoms with Gasteiger partial charge in [0.25, 0.3) is 0 Å². The quantitative estimate of drug-likeness (QED) is 0.579. The van der Waals surface area contributed by atoms with E-state index in [1.165, 1.54) is 0 Å². The Balaban J connectivity index is 0. The minimum atomic E-state index is -0.917. The summed E-state index contributed by atoms with van der Waals surface area (Å²) < 4.78 is 6.19. The van der Waals surface area contributed by atoms with E-state index >= 15 is 0 Å². The van der Waals surface area contributed by atoms with E-state index in [1.54, 1.807) is 0 Å². The van der Waals surface area contributed by atoms with Crippen LogP contribution in [0.4, 0.5) is 0 Å². The zero-order valence-electron chi connectivity index (χ0n) is 2.76. The molecule has 0 spiro atoms. The van der Waals surface area contributed by atoms with Gasteiger partial charge in [-0.25, -0.2) is 0 Å². The maximum absolute atomic E-state index is 6.25. The second-order valence-electron chi connectivity index (χ2n) is 0. The van der Waals surface area contributed by atoms with Crippen LogP contribution in [0.15, 0.2) is 0 Å². The topological polar surface area (TPSA) is 23.8 Å². The normalized spacial score (nSPS) is 4.00. The summed E-state index contributed by atoms with van der Waals surface area (Å²) in [7, 11) is 4.23. The van der Waals surface area contributed by atoms with Gasteiger partial charge in [0, 0.05) is 0 Å². The minimum absolute atomic E-state index is 0.917. The first-order chi connectivity index (χ1) is 2.41. The Morgan fingerprint density at radius 3 is 2.25 bits per heavy atom. The van der Waals surface area contributed by atoms with Crippen LogP contribution < -0.4 is 0 Å². The fourth-order valence-electron chi connectivity index (χ4n) is 0. The van der Waals surface area contributed by atoms with Crippen LogP contribution in [-0.2, 0) is 17.8 Å². The van der Waals surface area contributed by atoms with Crippen LogP contribution in [-0.4, -0.2) is 0.749 Å². The fourth-order valence-corrected chi connectivity index (χ4v) is 0. The number of rotatable bonds is 0. The van der Waals surface area contributed by atoms with Crippen molar-refractivity contribution in [3.8, 4) is 0 Å². The molecule has 1 nitrogen and oxygen atoms in total. The zero-order valence-corrected chi connectivity index (χ0v) is 5.51. The maximum atomic E-state index is 6.25. The molecule has 0 amide bonds. The van der Waals surface area contributed by atoms with Crippen molar-refractivity contribution in [1.29, 1.82) is 6.01 Å². The smallest absolute Gasteiger partial charge is 0.488 e.